The Morgan fingerprint density at radius 1 is 0.886 bits per heavy atom. The number of para-hydroxylation sites is 1. The van der Waals surface area contributed by atoms with Gasteiger partial charge in [-0.1, -0.05) is 78.9 Å². The van der Waals surface area contributed by atoms with Gasteiger partial charge in [0.05, 0.1) is 18.1 Å². The monoisotopic (exact) mass is 465 g/mol. The van der Waals surface area contributed by atoms with Gasteiger partial charge in [0, 0.05) is 23.9 Å². The fourth-order valence-electron chi connectivity index (χ4n) is 4.45. The van der Waals surface area contributed by atoms with Gasteiger partial charge in [-0.15, -0.1) is 0 Å². The van der Waals surface area contributed by atoms with E-state index in [0.29, 0.717) is 6.54 Å². The number of nitrogens with zero attached hydrogens (tertiary/aromatic N) is 4. The van der Waals surface area contributed by atoms with Crippen LogP contribution in [0.25, 0.3) is 16.9 Å². The van der Waals surface area contributed by atoms with Crippen LogP contribution in [0, 0.1) is 0 Å². The van der Waals surface area contributed by atoms with Gasteiger partial charge in [0.25, 0.3) is 5.91 Å². The molecule has 1 aromatic heterocycles. The second kappa shape index (κ2) is 9.19. The maximum atomic E-state index is 13.3. The first-order valence-electron chi connectivity index (χ1n) is 11.5. The summed E-state index contributed by atoms with van der Waals surface area (Å²) in [6.07, 6.45) is 2.01. The molecule has 35 heavy (non-hydrogen) atoms. The van der Waals surface area contributed by atoms with Gasteiger partial charge in [0.1, 0.15) is 5.54 Å². The van der Waals surface area contributed by atoms with Crippen molar-refractivity contribution in [3.8, 4) is 16.9 Å². The molecule has 1 fully saturated rings. The molecule has 4 aromatic rings. The molecule has 3 amide bonds. The van der Waals surface area contributed by atoms with Gasteiger partial charge in [0.2, 0.25) is 0 Å². The molecule has 0 aliphatic carbocycles. The quantitative estimate of drug-likeness (QED) is 0.411. The van der Waals surface area contributed by atoms with Crippen LogP contribution in [-0.4, -0.2) is 45.2 Å². The van der Waals surface area contributed by atoms with Gasteiger partial charge in [0.15, 0.2) is 0 Å². The highest BCUT2D eigenvalue weighted by Gasteiger charge is 2.49. The highest BCUT2D eigenvalue weighted by atomic mass is 16.2. The maximum absolute atomic E-state index is 13.3. The van der Waals surface area contributed by atoms with Gasteiger partial charge in [-0.05, 0) is 31.7 Å². The molecular formula is C28H27N5O2. The minimum atomic E-state index is -1.08. The van der Waals surface area contributed by atoms with Crippen molar-refractivity contribution in [1.29, 1.82) is 0 Å². The third-order valence-electron chi connectivity index (χ3n) is 6.31. The Morgan fingerprint density at radius 2 is 1.49 bits per heavy atom. The lowest BCUT2D eigenvalue weighted by molar-refractivity contribution is -0.132. The average molecular weight is 466 g/mol. The van der Waals surface area contributed by atoms with Gasteiger partial charge >= 0.3 is 6.03 Å². The summed E-state index contributed by atoms with van der Waals surface area (Å²) in [7, 11) is 1.90. The number of hydrogen-bond acceptors (Lipinski definition) is 4. The van der Waals surface area contributed by atoms with Crippen molar-refractivity contribution >= 4 is 11.9 Å². The zero-order valence-corrected chi connectivity index (χ0v) is 19.8. The molecule has 7 nitrogen and oxygen atoms in total. The van der Waals surface area contributed by atoms with E-state index in [1.54, 1.807) is 6.92 Å². The highest BCUT2D eigenvalue weighted by Crippen LogP contribution is 2.29. The van der Waals surface area contributed by atoms with E-state index in [1.165, 1.54) is 4.90 Å². The van der Waals surface area contributed by atoms with Crippen molar-refractivity contribution < 1.29 is 9.59 Å². The lowest BCUT2D eigenvalue weighted by atomic mass is 9.92. The summed E-state index contributed by atoms with van der Waals surface area (Å²) >= 11 is 0. The van der Waals surface area contributed by atoms with Crippen molar-refractivity contribution in [2.75, 3.05) is 13.7 Å². The predicted octanol–water partition coefficient (Wildman–Crippen LogP) is 4.40. The van der Waals surface area contributed by atoms with Crippen LogP contribution in [0.15, 0.2) is 97.2 Å². The number of hydrogen-bond donors (Lipinski definition) is 1. The molecule has 0 spiro atoms. The summed E-state index contributed by atoms with van der Waals surface area (Å²) in [5, 5.41) is 7.73. The van der Waals surface area contributed by atoms with Gasteiger partial charge < -0.3 is 5.32 Å². The third kappa shape index (κ3) is 4.34. The number of urea groups is 1. The Morgan fingerprint density at radius 3 is 2.14 bits per heavy atom. The molecule has 2 heterocycles. The number of aromatic nitrogens is 2. The molecule has 3 aromatic carbocycles. The van der Waals surface area contributed by atoms with E-state index in [0.717, 1.165) is 28.1 Å². The Labute approximate surface area is 204 Å². The molecule has 5 rings (SSSR count). The van der Waals surface area contributed by atoms with E-state index in [2.05, 4.69) is 5.32 Å². The molecule has 1 N–H and O–H groups in total. The highest BCUT2D eigenvalue weighted by molar-refractivity contribution is 6.07. The topological polar surface area (TPSA) is 70.5 Å². The number of rotatable bonds is 7. The minimum absolute atomic E-state index is 0.165. The van der Waals surface area contributed by atoms with E-state index in [1.807, 2.05) is 114 Å². The minimum Gasteiger partial charge on any atom is -0.319 e. The molecule has 0 radical (unpaired) electrons. The standard InChI is InChI=1S/C28H27N5O2/c1-28(23-14-8-4-9-15-23)26(34)32(27(35)29-28)20-31(2)18-22-19-33(24-16-10-5-11-17-24)30-25(22)21-12-6-3-7-13-21/h3-17,19H,18,20H2,1-2H3,(H,29,35)/t28-/m0/s1. The van der Waals surface area contributed by atoms with Crippen LogP contribution in [0.5, 0.6) is 0 Å². The lowest BCUT2D eigenvalue weighted by Crippen LogP contribution is -2.42. The van der Waals surface area contributed by atoms with Crippen molar-refractivity contribution in [3.05, 3.63) is 108 Å². The van der Waals surface area contributed by atoms with Crippen molar-refractivity contribution in [1.82, 2.24) is 24.9 Å². The molecule has 1 aliphatic heterocycles. The van der Waals surface area contributed by atoms with Crippen LogP contribution in [0.3, 0.4) is 0 Å². The molecular weight excluding hydrogens is 438 g/mol. The van der Waals surface area contributed by atoms with Crippen LogP contribution in [-0.2, 0) is 16.9 Å². The summed E-state index contributed by atoms with van der Waals surface area (Å²) in [5.41, 5.74) is 3.53. The first-order valence-corrected chi connectivity index (χ1v) is 11.5. The van der Waals surface area contributed by atoms with E-state index < -0.39 is 11.6 Å². The Balaban J connectivity index is 1.39. The van der Waals surface area contributed by atoms with E-state index in [4.69, 9.17) is 5.10 Å². The number of carbonyl (C=O) groups is 2. The third-order valence-corrected chi connectivity index (χ3v) is 6.31. The Bertz CT molecular complexity index is 1340. The van der Waals surface area contributed by atoms with E-state index in [9.17, 15) is 9.59 Å². The molecule has 1 atom stereocenters. The molecule has 1 saturated heterocycles. The van der Waals surface area contributed by atoms with Crippen LogP contribution >= 0.6 is 0 Å². The lowest BCUT2D eigenvalue weighted by Gasteiger charge is -2.24. The molecule has 176 valence electrons. The predicted molar refractivity (Wildman–Crippen MR) is 135 cm³/mol. The van der Waals surface area contributed by atoms with E-state index >= 15 is 0 Å². The Kier molecular flexibility index (Phi) is 5.93. The summed E-state index contributed by atoms with van der Waals surface area (Å²) in [6.45, 7) is 2.42. The van der Waals surface area contributed by atoms with Crippen LogP contribution in [0.1, 0.15) is 18.1 Å². The van der Waals surface area contributed by atoms with Crippen molar-refractivity contribution in [2.24, 2.45) is 0 Å². The molecule has 1 aliphatic rings. The second-order valence-corrected chi connectivity index (χ2v) is 8.96. The zero-order chi connectivity index (χ0) is 24.4. The molecule has 7 heteroatoms. The number of amides is 3. The largest absolute Gasteiger partial charge is 0.326 e. The van der Waals surface area contributed by atoms with Gasteiger partial charge in [-0.25, -0.2) is 14.4 Å². The zero-order valence-electron chi connectivity index (χ0n) is 19.8. The van der Waals surface area contributed by atoms with Crippen LogP contribution < -0.4 is 5.32 Å². The average Bonchev–Trinajstić information content (AvgIpc) is 3.40. The molecule has 0 unspecified atom stereocenters. The Hall–Kier alpha value is -4.23. The molecule has 0 saturated carbocycles. The fourth-order valence-corrected chi connectivity index (χ4v) is 4.45. The van der Waals surface area contributed by atoms with Crippen molar-refractivity contribution in [3.63, 3.8) is 0 Å². The first-order chi connectivity index (χ1) is 17.0. The second-order valence-electron chi connectivity index (χ2n) is 8.96. The normalized spacial score (nSPS) is 17.7. The summed E-state index contributed by atoms with van der Waals surface area (Å²) in [4.78, 5) is 29.3. The smallest absolute Gasteiger partial charge is 0.319 e. The number of nitrogens with one attached hydrogen (secondary N) is 1. The van der Waals surface area contributed by atoms with E-state index in [-0.39, 0.29) is 12.6 Å². The number of benzene rings is 3. The van der Waals surface area contributed by atoms with Crippen LogP contribution in [0.2, 0.25) is 0 Å². The number of imide groups is 1. The maximum Gasteiger partial charge on any atom is 0.326 e. The fraction of sp³-hybridized carbons (Fsp3) is 0.179. The summed E-state index contributed by atoms with van der Waals surface area (Å²) < 4.78 is 1.87. The van der Waals surface area contributed by atoms with Gasteiger partial charge in [-0.2, -0.15) is 5.10 Å². The summed E-state index contributed by atoms with van der Waals surface area (Å²) in [6, 6.07) is 28.9. The van der Waals surface area contributed by atoms with Gasteiger partial charge in [-0.3, -0.25) is 9.69 Å². The van der Waals surface area contributed by atoms with Crippen molar-refractivity contribution in [2.45, 2.75) is 19.0 Å². The number of carbonyl (C=O) groups excluding carboxylic acids is 2. The SMILES string of the molecule is CN(Cc1cn(-c2ccccc2)nc1-c1ccccc1)CN1C(=O)N[C@@](C)(c2ccccc2)C1=O. The first kappa shape index (κ1) is 22.6. The summed E-state index contributed by atoms with van der Waals surface area (Å²) in [5.74, 6) is -0.260. The van der Waals surface area contributed by atoms with Crippen LogP contribution in [0.4, 0.5) is 4.79 Å². The molecule has 0 bridgehead atoms.